The van der Waals surface area contributed by atoms with Crippen LogP contribution in [0.2, 0.25) is 0 Å². The molecule has 4 aromatic rings. The van der Waals surface area contributed by atoms with Crippen LogP contribution in [-0.2, 0) is 6.54 Å². The maximum absolute atomic E-state index is 5.98. The predicted molar refractivity (Wildman–Crippen MR) is 94.8 cm³/mol. The van der Waals surface area contributed by atoms with E-state index in [-0.39, 0.29) is 0 Å². The smallest absolute Gasteiger partial charge is 0.0184 e. The van der Waals surface area contributed by atoms with Crippen LogP contribution in [-0.4, -0.2) is 0 Å². The summed E-state index contributed by atoms with van der Waals surface area (Å²) >= 11 is 0. The van der Waals surface area contributed by atoms with E-state index in [9.17, 15) is 0 Å². The van der Waals surface area contributed by atoms with Gasteiger partial charge in [0.2, 0.25) is 0 Å². The van der Waals surface area contributed by atoms with Crippen molar-refractivity contribution < 1.29 is 0 Å². The van der Waals surface area contributed by atoms with E-state index >= 15 is 0 Å². The molecule has 0 aliphatic heterocycles. The molecule has 0 fully saturated rings. The minimum absolute atomic E-state index is 0.549. The quantitative estimate of drug-likeness (QED) is 0.508. The maximum atomic E-state index is 5.98. The Hall–Kier alpha value is -2.64. The van der Waals surface area contributed by atoms with E-state index in [0.717, 1.165) is 0 Å². The predicted octanol–water partition coefficient (Wildman–Crippen LogP) is 5.12. The monoisotopic (exact) mass is 283 g/mol. The molecule has 0 aromatic heterocycles. The molecule has 2 N–H and O–H groups in total. The summed E-state index contributed by atoms with van der Waals surface area (Å²) in [5.41, 5.74) is 9.68. The molecule has 0 bridgehead atoms. The zero-order valence-electron chi connectivity index (χ0n) is 12.3. The average Bonchev–Trinajstić information content (AvgIpc) is 2.59. The van der Waals surface area contributed by atoms with Gasteiger partial charge in [0, 0.05) is 6.54 Å². The second-order valence-electron chi connectivity index (χ2n) is 5.56. The molecule has 0 atom stereocenters. The number of nitrogens with two attached hydrogens (primary N) is 1. The first-order chi connectivity index (χ1) is 10.9. The van der Waals surface area contributed by atoms with Gasteiger partial charge in [0.25, 0.3) is 0 Å². The molecule has 106 valence electrons. The second kappa shape index (κ2) is 5.28. The van der Waals surface area contributed by atoms with E-state index < -0.39 is 0 Å². The van der Waals surface area contributed by atoms with Crippen LogP contribution in [0, 0.1) is 0 Å². The third kappa shape index (κ3) is 1.99. The number of hydrogen-bond acceptors (Lipinski definition) is 1. The van der Waals surface area contributed by atoms with Crippen molar-refractivity contribution in [2.45, 2.75) is 6.54 Å². The van der Waals surface area contributed by atoms with Crippen LogP contribution in [0.4, 0.5) is 0 Å². The highest BCUT2D eigenvalue weighted by Crippen LogP contribution is 2.37. The zero-order valence-corrected chi connectivity index (χ0v) is 12.3. The van der Waals surface area contributed by atoms with Crippen LogP contribution in [0.5, 0.6) is 0 Å². The summed E-state index contributed by atoms with van der Waals surface area (Å²) < 4.78 is 0. The molecule has 0 saturated carbocycles. The Balaban J connectivity index is 2.22. The van der Waals surface area contributed by atoms with Gasteiger partial charge in [-0.25, -0.2) is 0 Å². The average molecular weight is 283 g/mol. The van der Waals surface area contributed by atoms with E-state index in [1.807, 2.05) is 0 Å². The molecule has 0 saturated heterocycles. The van der Waals surface area contributed by atoms with Crippen molar-refractivity contribution in [1.82, 2.24) is 0 Å². The molecule has 1 heteroatoms. The fourth-order valence-corrected chi connectivity index (χ4v) is 3.25. The fraction of sp³-hybridized carbons (Fsp3) is 0.0476. The highest BCUT2D eigenvalue weighted by Gasteiger charge is 2.11. The molecule has 22 heavy (non-hydrogen) atoms. The largest absolute Gasteiger partial charge is 0.326 e. The van der Waals surface area contributed by atoms with Gasteiger partial charge in [0.05, 0.1) is 0 Å². The molecule has 0 spiro atoms. The van der Waals surface area contributed by atoms with Crippen molar-refractivity contribution in [3.05, 3.63) is 84.4 Å². The standard InChI is InChI=1S/C21H17N/c22-14-17-9-3-6-12-20(17)21-18-10-4-1-7-15(18)13-16-8-2-5-11-19(16)21/h1-13H,14,22H2. The van der Waals surface area contributed by atoms with E-state index in [4.69, 9.17) is 5.73 Å². The van der Waals surface area contributed by atoms with E-state index in [1.54, 1.807) is 0 Å². The number of fused-ring (bicyclic) bond motifs is 2. The first-order valence-corrected chi connectivity index (χ1v) is 7.57. The van der Waals surface area contributed by atoms with Crippen LogP contribution in [0.1, 0.15) is 5.56 Å². The third-order valence-electron chi connectivity index (χ3n) is 4.28. The lowest BCUT2D eigenvalue weighted by Gasteiger charge is -2.14. The minimum Gasteiger partial charge on any atom is -0.326 e. The maximum Gasteiger partial charge on any atom is 0.0184 e. The fourth-order valence-electron chi connectivity index (χ4n) is 3.25. The van der Waals surface area contributed by atoms with Crippen LogP contribution >= 0.6 is 0 Å². The van der Waals surface area contributed by atoms with Gasteiger partial charge < -0.3 is 5.73 Å². The molecule has 4 aromatic carbocycles. The van der Waals surface area contributed by atoms with Gasteiger partial charge in [-0.2, -0.15) is 0 Å². The van der Waals surface area contributed by atoms with Gasteiger partial charge in [-0.05, 0) is 44.3 Å². The van der Waals surface area contributed by atoms with Crippen molar-refractivity contribution in [2.75, 3.05) is 0 Å². The SMILES string of the molecule is NCc1ccccc1-c1c2ccccc2cc2ccccc12. The lowest BCUT2D eigenvalue weighted by Crippen LogP contribution is -1.99. The van der Waals surface area contributed by atoms with Crippen LogP contribution in [0.3, 0.4) is 0 Å². The lowest BCUT2D eigenvalue weighted by molar-refractivity contribution is 1.07. The Morgan fingerprint density at radius 3 is 1.82 bits per heavy atom. The minimum atomic E-state index is 0.549. The van der Waals surface area contributed by atoms with E-state index in [2.05, 4.69) is 78.9 Å². The molecule has 0 aliphatic carbocycles. The lowest BCUT2D eigenvalue weighted by atomic mass is 9.90. The molecule has 0 aliphatic rings. The van der Waals surface area contributed by atoms with Crippen molar-refractivity contribution in [3.63, 3.8) is 0 Å². The summed E-state index contributed by atoms with van der Waals surface area (Å²) in [5, 5.41) is 5.09. The van der Waals surface area contributed by atoms with Gasteiger partial charge in [-0.3, -0.25) is 0 Å². The van der Waals surface area contributed by atoms with E-state index in [0.29, 0.717) is 6.54 Å². The highest BCUT2D eigenvalue weighted by atomic mass is 14.5. The summed E-state index contributed by atoms with van der Waals surface area (Å²) in [4.78, 5) is 0. The summed E-state index contributed by atoms with van der Waals surface area (Å²) in [5.74, 6) is 0. The van der Waals surface area contributed by atoms with Gasteiger partial charge in [0.15, 0.2) is 0 Å². The molecule has 1 nitrogen and oxygen atoms in total. The molecular weight excluding hydrogens is 266 g/mol. The van der Waals surface area contributed by atoms with Gasteiger partial charge in [-0.1, -0.05) is 72.8 Å². The van der Waals surface area contributed by atoms with Gasteiger partial charge in [0.1, 0.15) is 0 Å². The molecule has 0 amide bonds. The van der Waals surface area contributed by atoms with Crippen molar-refractivity contribution >= 4 is 21.5 Å². The summed E-state index contributed by atoms with van der Waals surface area (Å²) in [6.45, 7) is 0.549. The topological polar surface area (TPSA) is 26.0 Å². The van der Waals surface area contributed by atoms with Crippen molar-refractivity contribution in [1.29, 1.82) is 0 Å². The first kappa shape index (κ1) is 13.1. The number of hydrogen-bond donors (Lipinski definition) is 1. The Labute approximate surface area is 130 Å². The summed E-state index contributed by atoms with van der Waals surface area (Å²) in [7, 11) is 0. The summed E-state index contributed by atoms with van der Waals surface area (Å²) in [6.07, 6.45) is 0. The Kier molecular flexibility index (Phi) is 3.14. The molecule has 0 unspecified atom stereocenters. The molecule has 0 heterocycles. The van der Waals surface area contributed by atoms with Crippen molar-refractivity contribution in [2.24, 2.45) is 5.73 Å². The van der Waals surface area contributed by atoms with E-state index in [1.165, 1.54) is 38.2 Å². The van der Waals surface area contributed by atoms with Crippen LogP contribution < -0.4 is 5.73 Å². The Bertz CT molecular complexity index is 916. The zero-order chi connectivity index (χ0) is 14.9. The van der Waals surface area contributed by atoms with Gasteiger partial charge >= 0.3 is 0 Å². The first-order valence-electron chi connectivity index (χ1n) is 7.57. The Morgan fingerprint density at radius 2 is 1.18 bits per heavy atom. The van der Waals surface area contributed by atoms with Crippen LogP contribution in [0.25, 0.3) is 32.7 Å². The molecular formula is C21H17N. The molecule has 0 radical (unpaired) electrons. The normalized spacial score (nSPS) is 11.1. The van der Waals surface area contributed by atoms with Crippen molar-refractivity contribution in [3.8, 4) is 11.1 Å². The third-order valence-corrected chi connectivity index (χ3v) is 4.28. The summed E-state index contributed by atoms with van der Waals surface area (Å²) in [6, 6.07) is 27.8. The van der Waals surface area contributed by atoms with Crippen LogP contribution in [0.15, 0.2) is 78.9 Å². The Morgan fingerprint density at radius 1 is 0.636 bits per heavy atom. The molecule has 4 rings (SSSR count). The number of benzene rings is 4. The highest BCUT2D eigenvalue weighted by molar-refractivity contribution is 6.13. The second-order valence-corrected chi connectivity index (χ2v) is 5.56. The number of rotatable bonds is 2. The van der Waals surface area contributed by atoms with Gasteiger partial charge in [-0.15, -0.1) is 0 Å².